The molecule has 0 spiro atoms. The van der Waals surface area contributed by atoms with Crippen molar-refractivity contribution in [3.05, 3.63) is 60.2 Å². The molecule has 1 aromatic heterocycles. The third-order valence-corrected chi connectivity index (χ3v) is 4.66. The van der Waals surface area contributed by atoms with Crippen LogP contribution in [0.3, 0.4) is 0 Å². The number of hydrogen-bond acceptors (Lipinski definition) is 7. The van der Waals surface area contributed by atoms with E-state index in [1.165, 1.54) is 0 Å². The van der Waals surface area contributed by atoms with Crippen molar-refractivity contribution < 1.29 is 18.7 Å². The van der Waals surface area contributed by atoms with Gasteiger partial charge in [0.2, 0.25) is 5.89 Å². The molecule has 0 radical (unpaired) electrons. The number of nitrogens with zero attached hydrogens (tertiary/aromatic N) is 2. The van der Waals surface area contributed by atoms with Gasteiger partial charge in [0.15, 0.2) is 0 Å². The molecule has 0 bridgehead atoms. The summed E-state index contributed by atoms with van der Waals surface area (Å²) in [6.45, 7) is 1.67. The summed E-state index contributed by atoms with van der Waals surface area (Å²) in [5.41, 5.74) is 5.96. The minimum atomic E-state index is -0.555. The van der Waals surface area contributed by atoms with E-state index >= 15 is 0 Å². The highest BCUT2D eigenvalue weighted by molar-refractivity contribution is 8.00. The lowest BCUT2D eigenvalue weighted by molar-refractivity contribution is -0.121. The van der Waals surface area contributed by atoms with Gasteiger partial charge in [-0.15, -0.1) is 10.2 Å². The van der Waals surface area contributed by atoms with Gasteiger partial charge >= 0.3 is 0 Å². The van der Waals surface area contributed by atoms with Crippen molar-refractivity contribution >= 4 is 23.6 Å². The topological polar surface area (TPSA) is 106 Å². The second kappa shape index (κ2) is 9.05. The molecule has 2 amide bonds. The molecule has 0 aliphatic rings. The highest BCUT2D eigenvalue weighted by atomic mass is 32.2. The Morgan fingerprint density at radius 2 is 1.75 bits per heavy atom. The first-order valence-corrected chi connectivity index (χ1v) is 9.24. The number of rotatable bonds is 6. The fourth-order valence-electron chi connectivity index (χ4n) is 2.19. The van der Waals surface area contributed by atoms with Crippen molar-refractivity contribution in [2.24, 2.45) is 0 Å². The number of thioether (sulfide) groups is 1. The lowest BCUT2D eigenvalue weighted by Crippen LogP contribution is -2.44. The van der Waals surface area contributed by atoms with E-state index in [0.29, 0.717) is 11.5 Å². The summed E-state index contributed by atoms with van der Waals surface area (Å²) in [4.78, 5) is 24.1. The molecule has 1 atom stereocenters. The molecular weight excluding hydrogens is 380 g/mol. The molecular formula is C19H18N4O4S. The van der Waals surface area contributed by atoms with Gasteiger partial charge in [-0.3, -0.25) is 20.4 Å². The molecule has 0 unspecified atom stereocenters. The molecule has 0 aliphatic heterocycles. The second-order valence-corrected chi connectivity index (χ2v) is 6.96. The van der Waals surface area contributed by atoms with Crippen LogP contribution in [0.4, 0.5) is 0 Å². The highest BCUT2D eigenvalue weighted by Gasteiger charge is 2.19. The van der Waals surface area contributed by atoms with Crippen molar-refractivity contribution in [1.29, 1.82) is 0 Å². The van der Waals surface area contributed by atoms with Gasteiger partial charge in [-0.1, -0.05) is 30.0 Å². The van der Waals surface area contributed by atoms with E-state index in [1.807, 2.05) is 0 Å². The average Bonchev–Trinajstić information content (AvgIpc) is 3.20. The van der Waals surface area contributed by atoms with Crippen LogP contribution in [0.5, 0.6) is 5.75 Å². The summed E-state index contributed by atoms with van der Waals surface area (Å²) >= 11 is 1.09. The highest BCUT2D eigenvalue weighted by Crippen LogP contribution is 2.27. The normalized spacial score (nSPS) is 11.5. The Balaban J connectivity index is 1.54. The second-order valence-electron chi connectivity index (χ2n) is 5.67. The average molecular weight is 398 g/mol. The van der Waals surface area contributed by atoms with Crippen molar-refractivity contribution in [1.82, 2.24) is 21.0 Å². The van der Waals surface area contributed by atoms with E-state index in [4.69, 9.17) is 9.15 Å². The number of nitrogens with one attached hydrogen (secondary N) is 2. The minimum absolute atomic E-state index is 0.253. The zero-order chi connectivity index (χ0) is 19.9. The smallest absolute Gasteiger partial charge is 0.277 e. The van der Waals surface area contributed by atoms with Crippen molar-refractivity contribution in [2.75, 3.05) is 7.11 Å². The van der Waals surface area contributed by atoms with E-state index in [9.17, 15) is 9.59 Å². The molecule has 1 heterocycles. The molecule has 3 aromatic rings. The van der Waals surface area contributed by atoms with E-state index < -0.39 is 17.1 Å². The number of carbonyl (C=O) groups excluding carboxylic acids is 2. The zero-order valence-corrected chi connectivity index (χ0v) is 16.0. The monoisotopic (exact) mass is 398 g/mol. The van der Waals surface area contributed by atoms with Gasteiger partial charge in [0, 0.05) is 11.1 Å². The van der Waals surface area contributed by atoms with E-state index in [1.54, 1.807) is 68.6 Å². The number of aromatic nitrogens is 2. The van der Waals surface area contributed by atoms with E-state index in [0.717, 1.165) is 23.1 Å². The summed E-state index contributed by atoms with van der Waals surface area (Å²) in [5.74, 6) is 0.278. The Morgan fingerprint density at radius 1 is 1.04 bits per heavy atom. The maximum atomic E-state index is 12.2. The van der Waals surface area contributed by atoms with Gasteiger partial charge in [-0.25, -0.2) is 0 Å². The summed E-state index contributed by atoms with van der Waals surface area (Å²) in [6, 6.07) is 15.8. The molecule has 0 aliphatic carbocycles. The molecule has 0 saturated heterocycles. The van der Waals surface area contributed by atoms with E-state index in [-0.39, 0.29) is 5.22 Å². The van der Waals surface area contributed by atoms with Gasteiger partial charge in [-0.2, -0.15) is 0 Å². The van der Waals surface area contributed by atoms with Crippen LogP contribution in [0, 0.1) is 0 Å². The number of carbonyl (C=O) groups is 2. The van der Waals surface area contributed by atoms with Gasteiger partial charge in [0.25, 0.3) is 17.0 Å². The Labute approximate surface area is 165 Å². The molecule has 144 valence electrons. The standard InChI is InChI=1S/C19H18N4O4S/c1-12(16(24)20-21-17(25)13-6-4-3-5-7-13)28-19-23-22-18(27-19)14-8-10-15(26-2)11-9-14/h3-12H,1-2H3,(H,20,24)(H,21,25)/t12-/m1/s1. The molecule has 28 heavy (non-hydrogen) atoms. The Hall–Kier alpha value is -3.33. The first kappa shape index (κ1) is 19.4. The fraction of sp³-hybridized carbons (Fsp3) is 0.158. The number of methoxy groups -OCH3 is 1. The van der Waals surface area contributed by atoms with Crippen LogP contribution in [-0.4, -0.2) is 34.4 Å². The quantitative estimate of drug-likeness (QED) is 0.486. The molecule has 0 saturated carbocycles. The van der Waals surface area contributed by atoms with Crippen LogP contribution in [-0.2, 0) is 4.79 Å². The minimum Gasteiger partial charge on any atom is -0.497 e. The number of hydrazine groups is 1. The molecule has 0 fully saturated rings. The lowest BCUT2D eigenvalue weighted by atomic mass is 10.2. The molecule has 8 nitrogen and oxygen atoms in total. The van der Waals surface area contributed by atoms with Crippen molar-refractivity contribution in [2.45, 2.75) is 17.4 Å². The van der Waals surface area contributed by atoms with Crippen LogP contribution in [0.25, 0.3) is 11.5 Å². The van der Waals surface area contributed by atoms with Crippen LogP contribution in [0.15, 0.2) is 64.2 Å². The Bertz CT molecular complexity index is 944. The predicted molar refractivity (Wildman–Crippen MR) is 104 cm³/mol. The van der Waals surface area contributed by atoms with Gasteiger partial charge < -0.3 is 9.15 Å². The molecule has 3 rings (SSSR count). The van der Waals surface area contributed by atoms with E-state index in [2.05, 4.69) is 21.0 Å². The third-order valence-electron chi connectivity index (χ3n) is 3.73. The predicted octanol–water partition coefficient (Wildman–Crippen LogP) is 2.69. The fourth-order valence-corrected chi connectivity index (χ4v) is 2.88. The van der Waals surface area contributed by atoms with Gasteiger partial charge in [0.1, 0.15) is 5.75 Å². The first-order chi connectivity index (χ1) is 13.6. The molecule has 9 heteroatoms. The summed E-state index contributed by atoms with van der Waals surface area (Å²) in [7, 11) is 1.59. The zero-order valence-electron chi connectivity index (χ0n) is 15.2. The van der Waals surface area contributed by atoms with Crippen LogP contribution < -0.4 is 15.6 Å². The molecule has 2 aromatic carbocycles. The SMILES string of the molecule is COc1ccc(-c2nnc(S[C@H](C)C(=O)NNC(=O)c3ccccc3)o2)cc1. The maximum absolute atomic E-state index is 12.2. The number of ether oxygens (including phenoxy) is 1. The lowest BCUT2D eigenvalue weighted by Gasteiger charge is -2.10. The first-order valence-electron chi connectivity index (χ1n) is 8.36. The van der Waals surface area contributed by atoms with Crippen LogP contribution in [0.1, 0.15) is 17.3 Å². The van der Waals surface area contributed by atoms with Gasteiger partial charge in [-0.05, 0) is 43.3 Å². The maximum Gasteiger partial charge on any atom is 0.277 e. The number of hydrogen-bond donors (Lipinski definition) is 2. The largest absolute Gasteiger partial charge is 0.497 e. The third kappa shape index (κ3) is 4.89. The molecule has 2 N–H and O–H groups in total. The van der Waals surface area contributed by atoms with Crippen LogP contribution >= 0.6 is 11.8 Å². The van der Waals surface area contributed by atoms with Crippen LogP contribution in [0.2, 0.25) is 0 Å². The summed E-state index contributed by atoms with van der Waals surface area (Å²) in [6.07, 6.45) is 0. The van der Waals surface area contributed by atoms with Crippen molar-refractivity contribution in [3.63, 3.8) is 0 Å². The Morgan fingerprint density at radius 3 is 2.43 bits per heavy atom. The number of amides is 2. The Kier molecular flexibility index (Phi) is 6.28. The number of benzene rings is 2. The van der Waals surface area contributed by atoms with Crippen molar-refractivity contribution in [3.8, 4) is 17.2 Å². The summed E-state index contributed by atoms with van der Waals surface area (Å²) < 4.78 is 10.7. The summed E-state index contributed by atoms with van der Waals surface area (Å²) in [5, 5.41) is 7.63. The van der Waals surface area contributed by atoms with Gasteiger partial charge in [0.05, 0.1) is 12.4 Å².